The quantitative estimate of drug-likeness (QED) is 0.788. The molecular formula is C13H28N2O. The van der Waals surface area contributed by atoms with Gasteiger partial charge in [-0.1, -0.05) is 27.2 Å². The number of aliphatic hydroxyl groups is 1. The molecule has 0 aliphatic carbocycles. The first kappa shape index (κ1) is 13.9. The van der Waals surface area contributed by atoms with Crippen molar-refractivity contribution in [2.24, 2.45) is 5.41 Å². The highest BCUT2D eigenvalue weighted by Gasteiger charge is 2.31. The molecule has 1 N–H and O–H groups in total. The minimum absolute atomic E-state index is 0.273. The molecule has 16 heavy (non-hydrogen) atoms. The van der Waals surface area contributed by atoms with Crippen molar-refractivity contribution in [2.45, 2.75) is 39.7 Å². The molecule has 0 aromatic heterocycles. The molecular weight excluding hydrogens is 200 g/mol. The molecule has 1 atom stereocenters. The Morgan fingerprint density at radius 1 is 1.31 bits per heavy atom. The van der Waals surface area contributed by atoms with Crippen LogP contribution in [-0.2, 0) is 0 Å². The maximum atomic E-state index is 9.43. The summed E-state index contributed by atoms with van der Waals surface area (Å²) in [5.41, 5.74) is 0.326. The second-order valence-corrected chi connectivity index (χ2v) is 6.00. The zero-order valence-corrected chi connectivity index (χ0v) is 11.4. The van der Waals surface area contributed by atoms with Crippen LogP contribution in [-0.4, -0.2) is 60.8 Å². The first-order valence-electron chi connectivity index (χ1n) is 6.52. The van der Waals surface area contributed by atoms with E-state index in [1.165, 1.54) is 19.4 Å². The van der Waals surface area contributed by atoms with Crippen molar-refractivity contribution in [2.75, 3.05) is 39.8 Å². The van der Waals surface area contributed by atoms with E-state index < -0.39 is 0 Å². The molecule has 1 rings (SSSR count). The Labute approximate surface area is 100 Å². The summed E-state index contributed by atoms with van der Waals surface area (Å²) in [7, 11) is 2.13. The van der Waals surface area contributed by atoms with E-state index in [9.17, 15) is 5.11 Å². The molecule has 96 valence electrons. The van der Waals surface area contributed by atoms with E-state index in [4.69, 9.17) is 0 Å². The highest BCUT2D eigenvalue weighted by molar-refractivity contribution is 4.86. The van der Waals surface area contributed by atoms with Crippen LogP contribution in [0.15, 0.2) is 0 Å². The third-order valence-corrected chi connectivity index (χ3v) is 3.46. The summed E-state index contributed by atoms with van der Waals surface area (Å²) in [6, 6.07) is 0.304. The first-order chi connectivity index (χ1) is 7.48. The number of unbranched alkanes of at least 4 members (excludes halogenated alkanes) is 1. The Morgan fingerprint density at radius 3 is 2.56 bits per heavy atom. The molecule has 1 aliphatic heterocycles. The standard InChI is InChI=1S/C13H28N2O/c1-5-6-7-15-8-12(9-16)14(4)10-13(2,3)11-15/h12,16H,5-11H2,1-4H3. The third-order valence-electron chi connectivity index (χ3n) is 3.46. The van der Waals surface area contributed by atoms with Gasteiger partial charge >= 0.3 is 0 Å². The Hall–Kier alpha value is -0.120. The van der Waals surface area contributed by atoms with Gasteiger partial charge in [-0.2, -0.15) is 0 Å². The minimum atomic E-state index is 0.273. The van der Waals surface area contributed by atoms with E-state index in [-0.39, 0.29) is 6.61 Å². The number of aliphatic hydroxyl groups excluding tert-OH is 1. The van der Waals surface area contributed by atoms with E-state index >= 15 is 0 Å². The van der Waals surface area contributed by atoms with Gasteiger partial charge in [-0.15, -0.1) is 0 Å². The van der Waals surface area contributed by atoms with Crippen LogP contribution in [0.5, 0.6) is 0 Å². The molecule has 1 unspecified atom stereocenters. The van der Waals surface area contributed by atoms with Gasteiger partial charge in [0.15, 0.2) is 0 Å². The molecule has 1 aliphatic rings. The third kappa shape index (κ3) is 4.04. The van der Waals surface area contributed by atoms with Crippen LogP contribution >= 0.6 is 0 Å². The van der Waals surface area contributed by atoms with Gasteiger partial charge < -0.3 is 10.0 Å². The second kappa shape index (κ2) is 5.99. The fraction of sp³-hybridized carbons (Fsp3) is 1.00. The lowest BCUT2D eigenvalue weighted by atomic mass is 9.92. The number of hydrogen-bond donors (Lipinski definition) is 1. The van der Waals surface area contributed by atoms with Crippen molar-refractivity contribution in [3.8, 4) is 0 Å². The Morgan fingerprint density at radius 2 is 2.00 bits per heavy atom. The summed E-state index contributed by atoms with van der Waals surface area (Å²) in [5.74, 6) is 0. The van der Waals surface area contributed by atoms with E-state index in [1.54, 1.807) is 0 Å². The van der Waals surface area contributed by atoms with E-state index in [0.717, 1.165) is 19.6 Å². The lowest BCUT2D eigenvalue weighted by Gasteiger charge is -2.30. The normalized spacial score (nSPS) is 27.9. The minimum Gasteiger partial charge on any atom is -0.395 e. The Balaban J connectivity index is 2.63. The highest BCUT2D eigenvalue weighted by Crippen LogP contribution is 2.23. The molecule has 1 heterocycles. The molecule has 0 radical (unpaired) electrons. The Bertz CT molecular complexity index is 206. The fourth-order valence-corrected chi connectivity index (χ4v) is 2.71. The number of nitrogens with zero attached hydrogens (tertiary/aromatic N) is 2. The molecule has 0 aromatic rings. The average Bonchev–Trinajstić information content (AvgIpc) is 2.30. The van der Waals surface area contributed by atoms with Crippen LogP contribution < -0.4 is 0 Å². The van der Waals surface area contributed by atoms with Gasteiger partial charge in [0.05, 0.1) is 6.61 Å². The van der Waals surface area contributed by atoms with Crippen LogP contribution in [0.25, 0.3) is 0 Å². The van der Waals surface area contributed by atoms with Gasteiger partial charge in [-0.05, 0) is 25.4 Å². The molecule has 0 spiro atoms. The molecule has 3 nitrogen and oxygen atoms in total. The monoisotopic (exact) mass is 228 g/mol. The maximum absolute atomic E-state index is 9.43. The van der Waals surface area contributed by atoms with Gasteiger partial charge in [0.2, 0.25) is 0 Å². The van der Waals surface area contributed by atoms with Gasteiger partial charge in [-0.3, -0.25) is 4.90 Å². The van der Waals surface area contributed by atoms with E-state index in [2.05, 4.69) is 37.6 Å². The van der Waals surface area contributed by atoms with Crippen LogP contribution in [0.1, 0.15) is 33.6 Å². The van der Waals surface area contributed by atoms with Crippen molar-refractivity contribution in [3.05, 3.63) is 0 Å². The average molecular weight is 228 g/mol. The summed E-state index contributed by atoms with van der Waals surface area (Å²) in [6.07, 6.45) is 2.51. The number of hydrogen-bond acceptors (Lipinski definition) is 3. The summed E-state index contributed by atoms with van der Waals surface area (Å²) in [4.78, 5) is 4.83. The van der Waals surface area contributed by atoms with Crippen LogP contribution in [0.4, 0.5) is 0 Å². The smallest absolute Gasteiger partial charge is 0.0599 e. The highest BCUT2D eigenvalue weighted by atomic mass is 16.3. The van der Waals surface area contributed by atoms with Crippen molar-refractivity contribution < 1.29 is 5.11 Å². The first-order valence-corrected chi connectivity index (χ1v) is 6.52. The maximum Gasteiger partial charge on any atom is 0.0599 e. The summed E-state index contributed by atoms with van der Waals surface area (Å²) >= 11 is 0. The van der Waals surface area contributed by atoms with E-state index in [0.29, 0.717) is 11.5 Å². The Kier molecular flexibility index (Phi) is 5.22. The second-order valence-electron chi connectivity index (χ2n) is 6.00. The van der Waals surface area contributed by atoms with Crippen molar-refractivity contribution >= 4 is 0 Å². The van der Waals surface area contributed by atoms with Crippen LogP contribution in [0, 0.1) is 5.41 Å². The van der Waals surface area contributed by atoms with Crippen molar-refractivity contribution in [3.63, 3.8) is 0 Å². The van der Waals surface area contributed by atoms with Gasteiger partial charge in [0, 0.05) is 25.7 Å². The van der Waals surface area contributed by atoms with Crippen LogP contribution in [0.3, 0.4) is 0 Å². The zero-order chi connectivity index (χ0) is 12.2. The summed E-state index contributed by atoms with van der Waals surface area (Å²) in [5, 5.41) is 9.43. The predicted octanol–water partition coefficient (Wildman–Crippen LogP) is 1.42. The number of rotatable bonds is 4. The molecule has 3 heteroatoms. The molecule has 0 amide bonds. The van der Waals surface area contributed by atoms with Crippen molar-refractivity contribution in [1.82, 2.24) is 9.80 Å². The molecule has 1 saturated heterocycles. The lowest BCUT2D eigenvalue weighted by molar-refractivity contribution is 0.126. The molecule has 0 bridgehead atoms. The largest absolute Gasteiger partial charge is 0.395 e. The number of likely N-dealkylation sites (N-methyl/N-ethyl adjacent to an activating group) is 1. The zero-order valence-electron chi connectivity index (χ0n) is 11.4. The molecule has 1 fully saturated rings. The SMILES string of the molecule is CCCCN1CC(CO)N(C)CC(C)(C)C1. The molecule has 0 saturated carbocycles. The summed E-state index contributed by atoms with van der Waals surface area (Å²) in [6.45, 7) is 11.5. The van der Waals surface area contributed by atoms with Gasteiger partial charge in [0.25, 0.3) is 0 Å². The van der Waals surface area contributed by atoms with Crippen LogP contribution in [0.2, 0.25) is 0 Å². The predicted molar refractivity (Wildman–Crippen MR) is 68.6 cm³/mol. The molecule has 0 aromatic carbocycles. The lowest BCUT2D eigenvalue weighted by Crippen LogP contribution is -2.41. The van der Waals surface area contributed by atoms with Gasteiger partial charge in [0.1, 0.15) is 0 Å². The fourth-order valence-electron chi connectivity index (χ4n) is 2.71. The van der Waals surface area contributed by atoms with Gasteiger partial charge in [-0.25, -0.2) is 0 Å². The topological polar surface area (TPSA) is 26.7 Å². The summed E-state index contributed by atoms with van der Waals surface area (Å²) < 4.78 is 0. The van der Waals surface area contributed by atoms with Crippen molar-refractivity contribution in [1.29, 1.82) is 0 Å². The van der Waals surface area contributed by atoms with E-state index in [1.807, 2.05) is 0 Å².